The minimum atomic E-state index is -0.768. The van der Waals surface area contributed by atoms with Crippen molar-refractivity contribution in [3.05, 3.63) is 0 Å². The van der Waals surface area contributed by atoms with Gasteiger partial charge in [-0.25, -0.2) is 0 Å². The van der Waals surface area contributed by atoms with Gasteiger partial charge in [0.25, 0.3) is 0 Å². The minimum Gasteiger partial charge on any atom is -0.481 e. The van der Waals surface area contributed by atoms with Gasteiger partial charge in [-0.1, -0.05) is 13.8 Å². The first-order valence-corrected chi connectivity index (χ1v) is 5.88. The van der Waals surface area contributed by atoms with Crippen molar-refractivity contribution in [3.8, 4) is 0 Å². The van der Waals surface area contributed by atoms with Gasteiger partial charge < -0.3 is 15.2 Å². The molecular formula is C12H25NO3. The van der Waals surface area contributed by atoms with Crippen LogP contribution in [0.1, 0.15) is 34.1 Å². The molecule has 0 spiro atoms. The summed E-state index contributed by atoms with van der Waals surface area (Å²) in [5.41, 5.74) is -0.696. The first kappa shape index (κ1) is 15.4. The number of rotatable bonds is 9. The topological polar surface area (TPSA) is 58.6 Å². The van der Waals surface area contributed by atoms with Crippen molar-refractivity contribution in [1.29, 1.82) is 0 Å². The summed E-state index contributed by atoms with van der Waals surface area (Å²) in [4.78, 5) is 10.8. The Morgan fingerprint density at radius 3 is 2.56 bits per heavy atom. The zero-order valence-electron chi connectivity index (χ0n) is 10.9. The number of aliphatic carboxylic acids is 1. The highest BCUT2D eigenvalue weighted by atomic mass is 16.5. The summed E-state index contributed by atoms with van der Waals surface area (Å²) in [5.74, 6) is -0.199. The van der Waals surface area contributed by atoms with Crippen LogP contribution in [0.3, 0.4) is 0 Å². The number of ether oxygens (including phenoxy) is 1. The van der Waals surface area contributed by atoms with E-state index in [1.54, 1.807) is 13.8 Å². The molecule has 0 amide bonds. The molecule has 0 aliphatic heterocycles. The summed E-state index contributed by atoms with van der Waals surface area (Å²) in [7, 11) is 0. The first-order chi connectivity index (χ1) is 7.36. The molecule has 0 aromatic rings. The van der Waals surface area contributed by atoms with Crippen molar-refractivity contribution in [2.45, 2.75) is 34.1 Å². The van der Waals surface area contributed by atoms with Crippen molar-refractivity contribution in [2.75, 3.05) is 26.3 Å². The molecule has 0 atom stereocenters. The quantitative estimate of drug-likeness (QED) is 0.594. The number of nitrogens with one attached hydrogen (secondary N) is 1. The van der Waals surface area contributed by atoms with E-state index in [-0.39, 0.29) is 0 Å². The predicted octanol–water partition coefficient (Wildman–Crippen LogP) is 1.75. The Bertz CT molecular complexity index is 202. The van der Waals surface area contributed by atoms with Gasteiger partial charge in [-0.15, -0.1) is 0 Å². The number of carboxylic acid groups (broad SMARTS) is 1. The molecule has 0 aromatic heterocycles. The van der Waals surface area contributed by atoms with Crippen LogP contribution in [0, 0.1) is 11.3 Å². The van der Waals surface area contributed by atoms with Crippen molar-refractivity contribution in [2.24, 2.45) is 11.3 Å². The molecule has 0 bridgehead atoms. The van der Waals surface area contributed by atoms with E-state index >= 15 is 0 Å². The highest BCUT2D eigenvalue weighted by Crippen LogP contribution is 2.12. The van der Waals surface area contributed by atoms with Crippen LogP contribution in [-0.2, 0) is 9.53 Å². The zero-order chi connectivity index (χ0) is 12.6. The molecule has 0 aliphatic rings. The van der Waals surface area contributed by atoms with Crippen molar-refractivity contribution in [3.63, 3.8) is 0 Å². The second kappa shape index (κ2) is 7.63. The van der Waals surface area contributed by atoms with E-state index < -0.39 is 11.4 Å². The lowest BCUT2D eigenvalue weighted by molar-refractivity contribution is -0.146. The molecule has 0 saturated heterocycles. The van der Waals surface area contributed by atoms with Gasteiger partial charge in [-0.3, -0.25) is 4.79 Å². The molecule has 0 fully saturated rings. The van der Waals surface area contributed by atoms with Gasteiger partial charge in [0, 0.05) is 19.8 Å². The minimum absolute atomic E-state index is 0.493. The smallest absolute Gasteiger partial charge is 0.310 e. The van der Waals surface area contributed by atoms with Gasteiger partial charge >= 0.3 is 5.97 Å². The Balaban J connectivity index is 3.37. The number of carbonyl (C=O) groups is 1. The zero-order valence-corrected chi connectivity index (χ0v) is 10.9. The van der Waals surface area contributed by atoms with E-state index in [2.05, 4.69) is 19.2 Å². The SMILES string of the molecule is CC(C)COCCCNCC(C)(C)C(=O)O. The maximum absolute atomic E-state index is 10.8. The second-order valence-electron chi connectivity index (χ2n) is 5.19. The first-order valence-electron chi connectivity index (χ1n) is 5.88. The molecule has 0 radical (unpaired) electrons. The lowest BCUT2D eigenvalue weighted by Crippen LogP contribution is -2.36. The van der Waals surface area contributed by atoms with Gasteiger partial charge in [0.2, 0.25) is 0 Å². The molecule has 4 nitrogen and oxygen atoms in total. The number of hydrogen-bond donors (Lipinski definition) is 2. The van der Waals surface area contributed by atoms with Crippen LogP contribution in [0.2, 0.25) is 0 Å². The van der Waals surface area contributed by atoms with Gasteiger partial charge in [-0.05, 0) is 32.7 Å². The Morgan fingerprint density at radius 1 is 1.44 bits per heavy atom. The van der Waals surface area contributed by atoms with E-state index in [4.69, 9.17) is 9.84 Å². The third-order valence-electron chi connectivity index (χ3n) is 2.24. The fraction of sp³-hybridized carbons (Fsp3) is 0.917. The monoisotopic (exact) mass is 231 g/mol. The van der Waals surface area contributed by atoms with Crippen LogP contribution < -0.4 is 5.32 Å². The van der Waals surface area contributed by atoms with Gasteiger partial charge in [0.1, 0.15) is 0 Å². The lowest BCUT2D eigenvalue weighted by atomic mass is 9.94. The molecule has 0 aliphatic carbocycles. The molecule has 96 valence electrons. The van der Waals surface area contributed by atoms with Crippen molar-refractivity contribution < 1.29 is 14.6 Å². The summed E-state index contributed by atoms with van der Waals surface area (Å²) in [6, 6.07) is 0. The highest BCUT2D eigenvalue weighted by molar-refractivity contribution is 5.73. The van der Waals surface area contributed by atoms with E-state index in [1.807, 2.05) is 0 Å². The summed E-state index contributed by atoms with van der Waals surface area (Å²) >= 11 is 0. The van der Waals surface area contributed by atoms with E-state index in [9.17, 15) is 4.79 Å². The number of hydrogen-bond acceptors (Lipinski definition) is 3. The average molecular weight is 231 g/mol. The van der Waals surface area contributed by atoms with Crippen LogP contribution >= 0.6 is 0 Å². The summed E-state index contributed by atoms with van der Waals surface area (Å²) in [6.07, 6.45) is 0.919. The third-order valence-corrected chi connectivity index (χ3v) is 2.24. The van der Waals surface area contributed by atoms with Crippen LogP contribution in [0.15, 0.2) is 0 Å². The van der Waals surface area contributed by atoms with Crippen molar-refractivity contribution >= 4 is 5.97 Å². The summed E-state index contributed by atoms with van der Waals surface area (Å²) < 4.78 is 5.42. The average Bonchev–Trinajstić information content (AvgIpc) is 2.15. The van der Waals surface area contributed by atoms with Gasteiger partial charge in [0.15, 0.2) is 0 Å². The van der Waals surface area contributed by atoms with Crippen LogP contribution in [0.4, 0.5) is 0 Å². The Labute approximate surface area is 98.4 Å². The fourth-order valence-corrected chi connectivity index (χ4v) is 1.09. The molecule has 16 heavy (non-hydrogen) atoms. The highest BCUT2D eigenvalue weighted by Gasteiger charge is 2.25. The van der Waals surface area contributed by atoms with Gasteiger partial charge in [0.05, 0.1) is 5.41 Å². The molecule has 4 heteroatoms. The normalized spacial score (nSPS) is 12.1. The Morgan fingerprint density at radius 2 is 2.06 bits per heavy atom. The van der Waals surface area contributed by atoms with Gasteiger partial charge in [-0.2, -0.15) is 0 Å². The molecule has 0 rings (SSSR count). The summed E-state index contributed by atoms with van der Waals surface area (Å²) in [5, 5.41) is 12.0. The molecule has 0 unspecified atom stereocenters. The van der Waals surface area contributed by atoms with E-state index in [0.717, 1.165) is 26.2 Å². The Hall–Kier alpha value is -0.610. The van der Waals surface area contributed by atoms with E-state index in [0.29, 0.717) is 12.5 Å². The second-order valence-corrected chi connectivity index (χ2v) is 5.19. The van der Waals surface area contributed by atoms with Crippen LogP contribution in [0.25, 0.3) is 0 Å². The summed E-state index contributed by atoms with van der Waals surface area (Å²) in [6.45, 7) is 10.5. The molecule has 0 aromatic carbocycles. The molecule has 0 saturated carbocycles. The van der Waals surface area contributed by atoms with Crippen LogP contribution in [-0.4, -0.2) is 37.4 Å². The van der Waals surface area contributed by atoms with E-state index in [1.165, 1.54) is 0 Å². The van der Waals surface area contributed by atoms with Crippen LogP contribution in [0.5, 0.6) is 0 Å². The molecular weight excluding hydrogens is 206 g/mol. The number of carboxylic acids is 1. The Kier molecular flexibility index (Phi) is 7.34. The standard InChI is InChI=1S/C12H25NO3/c1-10(2)8-16-7-5-6-13-9-12(3,4)11(14)15/h10,13H,5-9H2,1-4H3,(H,14,15). The molecule has 2 N–H and O–H groups in total. The van der Waals surface area contributed by atoms with Crippen molar-refractivity contribution in [1.82, 2.24) is 5.32 Å². The molecule has 0 heterocycles. The fourth-order valence-electron chi connectivity index (χ4n) is 1.09. The maximum atomic E-state index is 10.8. The predicted molar refractivity (Wildman–Crippen MR) is 64.6 cm³/mol. The third kappa shape index (κ3) is 7.65. The largest absolute Gasteiger partial charge is 0.481 e. The maximum Gasteiger partial charge on any atom is 0.310 e. The lowest BCUT2D eigenvalue weighted by Gasteiger charge is -2.19.